The molecule has 0 radical (unpaired) electrons. The highest BCUT2D eigenvalue weighted by atomic mass is 16.5. The van der Waals surface area contributed by atoms with Crippen LogP contribution in [0.15, 0.2) is 24.3 Å². The van der Waals surface area contributed by atoms with Crippen LogP contribution in [0.1, 0.15) is 18.4 Å². The van der Waals surface area contributed by atoms with Gasteiger partial charge in [-0.15, -0.1) is 0 Å². The Balaban J connectivity index is 1.53. The van der Waals surface area contributed by atoms with Crippen molar-refractivity contribution in [1.82, 2.24) is 15.1 Å². The number of piperazine rings is 1. The zero-order valence-electron chi connectivity index (χ0n) is 17.0. The van der Waals surface area contributed by atoms with E-state index in [0.29, 0.717) is 24.7 Å². The molecule has 0 bridgehead atoms. The quantitative estimate of drug-likeness (QED) is 0.472. The van der Waals surface area contributed by atoms with Gasteiger partial charge in [0, 0.05) is 43.5 Å². The van der Waals surface area contributed by atoms with Crippen molar-refractivity contribution in [2.75, 3.05) is 51.3 Å². The fraction of sp³-hybridized carbons (Fsp3) is 0.500. The fourth-order valence-electron chi connectivity index (χ4n) is 3.94. The lowest BCUT2D eigenvalue weighted by Crippen LogP contribution is -2.56. The third-order valence-electron chi connectivity index (χ3n) is 5.56. The second kappa shape index (κ2) is 9.68. The number of ether oxygens (including phenoxy) is 1. The van der Waals surface area contributed by atoms with E-state index in [4.69, 9.17) is 10.5 Å². The van der Waals surface area contributed by atoms with Crippen LogP contribution in [0.25, 0.3) is 0 Å². The van der Waals surface area contributed by atoms with Crippen LogP contribution in [0, 0.1) is 5.41 Å². The summed E-state index contributed by atoms with van der Waals surface area (Å²) in [6, 6.07) is 7.20. The van der Waals surface area contributed by atoms with E-state index in [9.17, 15) is 14.4 Å². The molecule has 0 unspecified atom stereocenters. The number of amides is 2. The molecule has 1 aromatic carbocycles. The molecule has 0 atom stereocenters. The molecule has 2 aliphatic rings. The van der Waals surface area contributed by atoms with E-state index in [1.54, 1.807) is 29.2 Å². The molecule has 3 rings (SSSR count). The number of nitrogens with zero attached hydrogens (tertiary/aromatic N) is 3. The molecule has 2 saturated heterocycles. The van der Waals surface area contributed by atoms with Crippen LogP contribution in [0.4, 0.5) is 10.5 Å². The van der Waals surface area contributed by atoms with Gasteiger partial charge in [-0.2, -0.15) is 0 Å². The largest absolute Gasteiger partial charge is 0.480 e. The lowest BCUT2D eigenvalue weighted by molar-refractivity contribution is -0.138. The van der Waals surface area contributed by atoms with Crippen LogP contribution < -0.4 is 10.2 Å². The van der Waals surface area contributed by atoms with Gasteiger partial charge in [0.05, 0.1) is 20.2 Å². The lowest BCUT2D eigenvalue weighted by atomic mass is 10.0. The minimum absolute atomic E-state index is 0.0183. The molecular formula is C20H27N5O5. The van der Waals surface area contributed by atoms with E-state index in [1.807, 2.05) is 4.90 Å². The molecule has 2 heterocycles. The van der Waals surface area contributed by atoms with Crippen LogP contribution in [-0.4, -0.2) is 91.1 Å². The van der Waals surface area contributed by atoms with Crippen molar-refractivity contribution in [2.45, 2.75) is 18.9 Å². The van der Waals surface area contributed by atoms with Gasteiger partial charge in [-0.1, -0.05) is 0 Å². The Kier molecular flexibility index (Phi) is 7.01. The van der Waals surface area contributed by atoms with Crippen molar-refractivity contribution >= 4 is 29.5 Å². The van der Waals surface area contributed by atoms with Crippen molar-refractivity contribution in [3.05, 3.63) is 29.8 Å². The number of alkyl carbamates (subject to hydrolysis) is 1. The Bertz CT molecular complexity index is 804. The number of carbonyl (C=O) groups is 3. The Hall–Kier alpha value is -2.98. The van der Waals surface area contributed by atoms with Crippen LogP contribution in [0.2, 0.25) is 0 Å². The normalized spacial score (nSPS) is 18.8. The summed E-state index contributed by atoms with van der Waals surface area (Å²) in [5.41, 5.74) is 1.27. The number of aliphatic carboxylic acids is 1. The Labute approximate surface area is 174 Å². The SMILES string of the molecule is COC(=O)NC(=N)c1ccc(N2CCN(C3CCN(CC(=O)O)CC3)CC2=O)cc1. The predicted octanol–water partition coefficient (Wildman–Crippen LogP) is 0.566. The van der Waals surface area contributed by atoms with Crippen LogP contribution >= 0.6 is 0 Å². The van der Waals surface area contributed by atoms with E-state index >= 15 is 0 Å². The molecule has 1 aromatic rings. The first-order chi connectivity index (χ1) is 14.4. The highest BCUT2D eigenvalue weighted by molar-refractivity contribution is 6.05. The number of nitrogens with one attached hydrogen (secondary N) is 2. The average molecular weight is 417 g/mol. The number of benzene rings is 1. The first-order valence-electron chi connectivity index (χ1n) is 9.90. The standard InChI is InChI=1S/C20H27N5O5/c1-30-20(29)22-19(21)14-2-4-16(5-3-14)25-11-10-24(12-17(25)26)15-6-8-23(9-7-15)13-18(27)28/h2-5,15H,6-13H2,1H3,(H,27,28)(H2,21,22,29). The van der Waals surface area contributed by atoms with Crippen LogP contribution in [0.3, 0.4) is 0 Å². The minimum Gasteiger partial charge on any atom is -0.480 e. The average Bonchev–Trinajstić information content (AvgIpc) is 2.74. The summed E-state index contributed by atoms with van der Waals surface area (Å²) in [5.74, 6) is -0.858. The number of methoxy groups -OCH3 is 1. The number of piperidine rings is 1. The van der Waals surface area contributed by atoms with E-state index in [-0.39, 0.29) is 18.3 Å². The molecule has 2 amide bonds. The third-order valence-corrected chi connectivity index (χ3v) is 5.56. The third kappa shape index (κ3) is 5.33. The van der Waals surface area contributed by atoms with Gasteiger partial charge < -0.3 is 14.7 Å². The molecule has 0 spiro atoms. The van der Waals surface area contributed by atoms with Crippen molar-refractivity contribution in [1.29, 1.82) is 5.41 Å². The summed E-state index contributed by atoms with van der Waals surface area (Å²) < 4.78 is 4.48. The molecule has 0 aromatic heterocycles. The molecule has 3 N–H and O–H groups in total. The van der Waals surface area contributed by atoms with Crippen LogP contribution in [-0.2, 0) is 14.3 Å². The summed E-state index contributed by atoms with van der Waals surface area (Å²) in [6.07, 6.45) is 1.03. The number of carbonyl (C=O) groups excluding carboxylic acids is 2. The number of amidine groups is 1. The van der Waals surface area contributed by atoms with E-state index in [2.05, 4.69) is 15.0 Å². The van der Waals surface area contributed by atoms with Gasteiger partial charge in [-0.3, -0.25) is 30.1 Å². The Morgan fingerprint density at radius 2 is 1.83 bits per heavy atom. The molecular weight excluding hydrogens is 390 g/mol. The highest BCUT2D eigenvalue weighted by Crippen LogP contribution is 2.22. The molecule has 162 valence electrons. The summed E-state index contributed by atoms with van der Waals surface area (Å²) in [7, 11) is 1.23. The van der Waals surface area contributed by atoms with E-state index < -0.39 is 12.1 Å². The topological polar surface area (TPSA) is 126 Å². The molecule has 10 heteroatoms. The minimum atomic E-state index is -0.806. The number of hydrogen-bond acceptors (Lipinski definition) is 7. The second-order valence-corrected chi connectivity index (χ2v) is 7.46. The van der Waals surface area contributed by atoms with Crippen molar-refractivity contribution in [2.24, 2.45) is 0 Å². The van der Waals surface area contributed by atoms with Gasteiger partial charge in [0.2, 0.25) is 5.91 Å². The maximum absolute atomic E-state index is 12.7. The number of rotatable bonds is 5. The Morgan fingerprint density at radius 3 is 2.40 bits per heavy atom. The number of anilines is 1. The number of carboxylic acid groups (broad SMARTS) is 1. The molecule has 0 saturated carbocycles. The summed E-state index contributed by atoms with van der Waals surface area (Å²) >= 11 is 0. The van der Waals surface area contributed by atoms with Crippen molar-refractivity contribution < 1.29 is 24.2 Å². The van der Waals surface area contributed by atoms with Gasteiger partial charge in [0.1, 0.15) is 5.84 Å². The molecule has 30 heavy (non-hydrogen) atoms. The fourth-order valence-corrected chi connectivity index (χ4v) is 3.94. The van der Waals surface area contributed by atoms with Crippen molar-refractivity contribution in [3.63, 3.8) is 0 Å². The zero-order chi connectivity index (χ0) is 21.7. The summed E-state index contributed by atoms with van der Waals surface area (Å²) in [6.45, 7) is 3.21. The van der Waals surface area contributed by atoms with Gasteiger partial charge >= 0.3 is 12.1 Å². The first-order valence-corrected chi connectivity index (χ1v) is 9.90. The van der Waals surface area contributed by atoms with Crippen LogP contribution in [0.5, 0.6) is 0 Å². The van der Waals surface area contributed by atoms with Gasteiger partial charge in [-0.25, -0.2) is 4.79 Å². The number of likely N-dealkylation sites (tertiary alicyclic amines) is 1. The number of carboxylic acids is 1. The molecule has 2 fully saturated rings. The van der Waals surface area contributed by atoms with Crippen molar-refractivity contribution in [3.8, 4) is 0 Å². The summed E-state index contributed by atoms with van der Waals surface area (Å²) in [4.78, 5) is 40.7. The highest BCUT2D eigenvalue weighted by Gasteiger charge is 2.32. The number of hydrogen-bond donors (Lipinski definition) is 3. The summed E-state index contributed by atoms with van der Waals surface area (Å²) in [5, 5.41) is 19.1. The van der Waals surface area contributed by atoms with Gasteiger partial charge in [0.15, 0.2) is 0 Å². The van der Waals surface area contributed by atoms with Gasteiger partial charge in [-0.05, 0) is 37.1 Å². The van der Waals surface area contributed by atoms with E-state index in [0.717, 1.165) is 38.2 Å². The maximum Gasteiger partial charge on any atom is 0.412 e. The van der Waals surface area contributed by atoms with Gasteiger partial charge in [0.25, 0.3) is 0 Å². The molecule has 10 nitrogen and oxygen atoms in total. The lowest BCUT2D eigenvalue weighted by Gasteiger charge is -2.42. The maximum atomic E-state index is 12.7. The molecule has 2 aliphatic heterocycles. The van der Waals surface area contributed by atoms with E-state index in [1.165, 1.54) is 7.11 Å². The second-order valence-electron chi connectivity index (χ2n) is 7.46. The monoisotopic (exact) mass is 417 g/mol. The molecule has 0 aliphatic carbocycles. The first kappa shape index (κ1) is 21.7. The zero-order valence-corrected chi connectivity index (χ0v) is 17.0. The Morgan fingerprint density at radius 1 is 1.17 bits per heavy atom. The predicted molar refractivity (Wildman–Crippen MR) is 110 cm³/mol. The smallest absolute Gasteiger partial charge is 0.412 e.